The summed E-state index contributed by atoms with van der Waals surface area (Å²) < 4.78 is 0. The second kappa shape index (κ2) is 8.14. The van der Waals surface area contributed by atoms with Gasteiger partial charge in [0, 0.05) is 13.1 Å². The fourth-order valence-corrected chi connectivity index (χ4v) is 2.98. The first-order chi connectivity index (χ1) is 10.3. The van der Waals surface area contributed by atoms with Crippen LogP contribution in [-0.4, -0.2) is 55.5 Å². The third-order valence-electron chi connectivity index (χ3n) is 4.27. The minimum absolute atomic E-state index is 0.0596. The first-order valence-electron chi connectivity index (χ1n) is 8.09. The fourth-order valence-electron chi connectivity index (χ4n) is 2.98. The maximum atomic E-state index is 12.4. The molecule has 2 amide bonds. The molecule has 0 spiro atoms. The molecule has 0 radical (unpaired) electrons. The average Bonchev–Trinajstić information content (AvgIpc) is 2.45. The van der Waals surface area contributed by atoms with Crippen LogP contribution in [0.4, 0.5) is 0 Å². The van der Waals surface area contributed by atoms with E-state index in [0.717, 1.165) is 37.0 Å². The quantitative estimate of drug-likeness (QED) is 0.708. The maximum absolute atomic E-state index is 12.4. The Labute approximate surface area is 133 Å². The van der Waals surface area contributed by atoms with Gasteiger partial charge in [0.2, 0.25) is 0 Å². The molecule has 1 rings (SSSR count). The fraction of sp³-hybridized carbons (Fsp3) is 0.812. The first-order valence-corrected chi connectivity index (χ1v) is 8.09. The standard InChI is InChI=1S/C16H28N4O2/c1-13(2)18-14(21)10-19(3)11-15(22)20(4)16(12-17)8-6-5-7-9-16/h13H,5-11H2,1-4H3,(H,18,21)/p+1. The summed E-state index contributed by atoms with van der Waals surface area (Å²) in [6, 6.07) is 2.45. The van der Waals surface area contributed by atoms with Gasteiger partial charge in [-0.25, -0.2) is 0 Å². The average molecular weight is 309 g/mol. The number of quaternary nitrogens is 1. The van der Waals surface area contributed by atoms with E-state index in [9.17, 15) is 14.9 Å². The normalized spacial score (nSPS) is 18.4. The van der Waals surface area contributed by atoms with Crippen molar-refractivity contribution in [1.29, 1.82) is 5.26 Å². The third-order valence-corrected chi connectivity index (χ3v) is 4.27. The molecule has 0 aliphatic heterocycles. The lowest BCUT2D eigenvalue weighted by Gasteiger charge is -2.39. The molecule has 0 bridgehead atoms. The van der Waals surface area contributed by atoms with Crippen molar-refractivity contribution in [3.8, 4) is 6.07 Å². The highest BCUT2D eigenvalue weighted by molar-refractivity contribution is 5.79. The molecule has 0 aromatic rings. The first kappa shape index (κ1) is 18.4. The van der Waals surface area contributed by atoms with Gasteiger partial charge in [0.05, 0.1) is 13.1 Å². The molecule has 1 atom stereocenters. The van der Waals surface area contributed by atoms with Crippen molar-refractivity contribution in [3.63, 3.8) is 0 Å². The van der Waals surface area contributed by atoms with Gasteiger partial charge in [0.25, 0.3) is 11.8 Å². The summed E-state index contributed by atoms with van der Waals surface area (Å²) in [7, 11) is 3.55. The Bertz CT molecular complexity index is 436. The number of rotatable bonds is 6. The second-order valence-corrected chi connectivity index (χ2v) is 6.69. The zero-order valence-electron chi connectivity index (χ0n) is 14.2. The van der Waals surface area contributed by atoms with Crippen LogP contribution in [0.5, 0.6) is 0 Å². The summed E-state index contributed by atoms with van der Waals surface area (Å²) in [6.45, 7) is 4.31. The Morgan fingerprint density at radius 1 is 1.27 bits per heavy atom. The molecular formula is C16H29N4O2+. The Hall–Kier alpha value is -1.61. The van der Waals surface area contributed by atoms with E-state index in [2.05, 4.69) is 11.4 Å². The van der Waals surface area contributed by atoms with E-state index in [1.54, 1.807) is 11.9 Å². The van der Waals surface area contributed by atoms with Crippen molar-refractivity contribution in [1.82, 2.24) is 10.2 Å². The van der Waals surface area contributed by atoms with Crippen molar-refractivity contribution in [2.45, 2.75) is 57.5 Å². The van der Waals surface area contributed by atoms with Crippen LogP contribution in [-0.2, 0) is 9.59 Å². The summed E-state index contributed by atoms with van der Waals surface area (Å²) in [5.74, 6) is -0.131. The predicted octanol–water partition coefficient (Wildman–Crippen LogP) is -0.289. The zero-order chi connectivity index (χ0) is 16.8. The molecule has 0 aromatic heterocycles. The van der Waals surface area contributed by atoms with E-state index >= 15 is 0 Å². The summed E-state index contributed by atoms with van der Waals surface area (Å²) in [6.07, 6.45) is 4.61. The van der Waals surface area contributed by atoms with Gasteiger partial charge < -0.3 is 15.1 Å². The highest BCUT2D eigenvalue weighted by Crippen LogP contribution is 2.32. The summed E-state index contributed by atoms with van der Waals surface area (Å²) in [5, 5.41) is 12.3. The highest BCUT2D eigenvalue weighted by Gasteiger charge is 2.39. The van der Waals surface area contributed by atoms with E-state index < -0.39 is 5.54 Å². The molecule has 2 N–H and O–H groups in total. The molecule has 124 valence electrons. The van der Waals surface area contributed by atoms with Crippen molar-refractivity contribution >= 4 is 11.8 Å². The van der Waals surface area contributed by atoms with Crippen LogP contribution in [0.25, 0.3) is 0 Å². The number of amides is 2. The molecule has 1 unspecified atom stereocenters. The Balaban J connectivity index is 2.56. The number of carbonyl (C=O) groups is 2. The van der Waals surface area contributed by atoms with E-state index in [0.29, 0.717) is 0 Å². The molecule has 22 heavy (non-hydrogen) atoms. The van der Waals surface area contributed by atoms with Crippen LogP contribution < -0.4 is 10.2 Å². The molecule has 6 nitrogen and oxygen atoms in total. The topological polar surface area (TPSA) is 77.6 Å². The monoisotopic (exact) mass is 309 g/mol. The SMILES string of the molecule is CC(C)NC(=O)C[NH+](C)CC(=O)N(C)C1(C#N)CCCCC1. The lowest BCUT2D eigenvalue weighted by molar-refractivity contribution is -0.863. The van der Waals surface area contributed by atoms with E-state index in [-0.39, 0.29) is 30.9 Å². The number of carbonyl (C=O) groups excluding carboxylic acids is 2. The van der Waals surface area contributed by atoms with Gasteiger partial charge in [-0.15, -0.1) is 0 Å². The number of nitriles is 1. The Morgan fingerprint density at radius 2 is 1.86 bits per heavy atom. The van der Waals surface area contributed by atoms with E-state index in [1.165, 1.54) is 0 Å². The van der Waals surface area contributed by atoms with Crippen LogP contribution in [0.1, 0.15) is 46.0 Å². The third kappa shape index (κ3) is 4.99. The highest BCUT2D eigenvalue weighted by atomic mass is 16.2. The molecule has 6 heteroatoms. The molecule has 1 aliphatic carbocycles. The molecular weight excluding hydrogens is 280 g/mol. The second-order valence-electron chi connectivity index (χ2n) is 6.69. The number of nitrogens with zero attached hydrogens (tertiary/aromatic N) is 2. The minimum Gasteiger partial charge on any atom is -0.349 e. The Kier molecular flexibility index (Phi) is 6.82. The van der Waals surface area contributed by atoms with Gasteiger partial charge in [-0.1, -0.05) is 19.3 Å². The van der Waals surface area contributed by atoms with Gasteiger partial charge in [0.15, 0.2) is 13.1 Å². The van der Waals surface area contributed by atoms with Gasteiger partial charge >= 0.3 is 0 Å². The predicted molar refractivity (Wildman–Crippen MR) is 84.1 cm³/mol. The number of hydrogen-bond donors (Lipinski definition) is 2. The molecule has 0 heterocycles. The van der Waals surface area contributed by atoms with Gasteiger partial charge in [-0.05, 0) is 26.7 Å². The summed E-state index contributed by atoms with van der Waals surface area (Å²) in [5.41, 5.74) is -0.657. The van der Waals surface area contributed by atoms with Gasteiger partial charge in [0.1, 0.15) is 5.54 Å². The molecule has 0 saturated heterocycles. The number of nitrogens with one attached hydrogen (secondary N) is 2. The maximum Gasteiger partial charge on any atom is 0.278 e. The number of likely N-dealkylation sites (N-methyl/N-ethyl adjacent to an activating group) is 2. The van der Waals surface area contributed by atoms with Crippen LogP contribution in [0.2, 0.25) is 0 Å². The van der Waals surface area contributed by atoms with Gasteiger partial charge in [-0.3, -0.25) is 9.59 Å². The van der Waals surface area contributed by atoms with E-state index in [4.69, 9.17) is 0 Å². The van der Waals surface area contributed by atoms with Crippen molar-refractivity contribution < 1.29 is 14.5 Å². The van der Waals surface area contributed by atoms with Crippen LogP contribution in [0.3, 0.4) is 0 Å². The van der Waals surface area contributed by atoms with E-state index in [1.807, 2.05) is 20.9 Å². The molecule has 1 aliphatic rings. The van der Waals surface area contributed by atoms with Crippen LogP contribution >= 0.6 is 0 Å². The van der Waals surface area contributed by atoms with Crippen LogP contribution in [0.15, 0.2) is 0 Å². The van der Waals surface area contributed by atoms with Crippen molar-refractivity contribution in [3.05, 3.63) is 0 Å². The molecule has 0 aromatic carbocycles. The Morgan fingerprint density at radius 3 is 2.36 bits per heavy atom. The van der Waals surface area contributed by atoms with Crippen molar-refractivity contribution in [2.24, 2.45) is 0 Å². The molecule has 1 fully saturated rings. The number of hydrogen-bond acceptors (Lipinski definition) is 3. The van der Waals surface area contributed by atoms with Crippen LogP contribution in [0, 0.1) is 11.3 Å². The molecule has 1 saturated carbocycles. The van der Waals surface area contributed by atoms with Gasteiger partial charge in [-0.2, -0.15) is 5.26 Å². The van der Waals surface area contributed by atoms with Crippen molar-refractivity contribution in [2.75, 3.05) is 27.2 Å². The minimum atomic E-state index is -0.657. The zero-order valence-corrected chi connectivity index (χ0v) is 14.2. The lowest BCUT2D eigenvalue weighted by atomic mass is 9.81. The lowest BCUT2D eigenvalue weighted by Crippen LogP contribution is -3.11. The summed E-state index contributed by atoms with van der Waals surface area (Å²) >= 11 is 0. The summed E-state index contributed by atoms with van der Waals surface area (Å²) in [4.78, 5) is 26.6. The smallest absolute Gasteiger partial charge is 0.278 e. The largest absolute Gasteiger partial charge is 0.349 e.